The molecule has 1 aromatic rings. The topological polar surface area (TPSA) is 57.3 Å². The van der Waals surface area contributed by atoms with Crippen molar-refractivity contribution < 1.29 is 4.79 Å². The molecule has 0 saturated carbocycles. The molecule has 5 nitrogen and oxygen atoms in total. The summed E-state index contributed by atoms with van der Waals surface area (Å²) in [6.45, 7) is 7.08. The molecule has 0 atom stereocenters. The minimum Gasteiger partial charge on any atom is -0.370 e. The minimum atomic E-state index is -0.0398. The molecule has 5 heteroatoms. The lowest BCUT2D eigenvalue weighted by molar-refractivity contribution is 0.0951. The first kappa shape index (κ1) is 14.8. The summed E-state index contributed by atoms with van der Waals surface area (Å²) in [5, 5.41) is 6.06. The van der Waals surface area contributed by atoms with Crippen molar-refractivity contribution in [1.82, 2.24) is 15.2 Å². The van der Waals surface area contributed by atoms with Gasteiger partial charge in [-0.2, -0.15) is 0 Å². The molecule has 0 aliphatic carbocycles. The molecule has 0 aromatic carbocycles. The molecule has 2 N–H and O–H groups in total. The highest BCUT2D eigenvalue weighted by atomic mass is 16.1. The predicted octanol–water partition coefficient (Wildman–Crippen LogP) is 1.73. The predicted molar refractivity (Wildman–Crippen MR) is 81.0 cm³/mol. The van der Waals surface area contributed by atoms with Crippen molar-refractivity contribution in [2.24, 2.45) is 0 Å². The van der Waals surface area contributed by atoms with Crippen LogP contribution in [-0.4, -0.2) is 48.5 Å². The van der Waals surface area contributed by atoms with E-state index >= 15 is 0 Å². The van der Waals surface area contributed by atoms with E-state index in [2.05, 4.69) is 20.5 Å². The monoisotopic (exact) mass is 276 g/mol. The first-order valence-corrected chi connectivity index (χ1v) is 7.50. The Morgan fingerprint density at radius 1 is 1.35 bits per heavy atom. The molecule has 1 saturated heterocycles. The van der Waals surface area contributed by atoms with E-state index in [1.165, 1.54) is 25.9 Å². The van der Waals surface area contributed by atoms with E-state index in [1.54, 1.807) is 12.3 Å². The van der Waals surface area contributed by atoms with Crippen LogP contribution in [0.4, 0.5) is 5.82 Å². The molecule has 1 amide bonds. The molecule has 0 unspecified atom stereocenters. The van der Waals surface area contributed by atoms with E-state index in [0.29, 0.717) is 5.56 Å². The van der Waals surface area contributed by atoms with Gasteiger partial charge in [-0.15, -0.1) is 0 Å². The number of aromatic nitrogens is 1. The largest absolute Gasteiger partial charge is 0.370 e. The number of rotatable bonds is 7. The zero-order chi connectivity index (χ0) is 14.2. The lowest BCUT2D eigenvalue weighted by Crippen LogP contribution is -2.28. The van der Waals surface area contributed by atoms with E-state index in [1.807, 2.05) is 13.0 Å². The summed E-state index contributed by atoms with van der Waals surface area (Å²) < 4.78 is 0. The van der Waals surface area contributed by atoms with Gasteiger partial charge in [0, 0.05) is 19.3 Å². The second kappa shape index (κ2) is 7.85. The summed E-state index contributed by atoms with van der Waals surface area (Å²) >= 11 is 0. The summed E-state index contributed by atoms with van der Waals surface area (Å²) in [6, 6.07) is 3.64. The SMILES string of the molecule is CCNc1ccc(C(=O)NCCCN2CCCC2)cn1. The molecule has 2 heterocycles. The average Bonchev–Trinajstić information content (AvgIpc) is 2.98. The summed E-state index contributed by atoms with van der Waals surface area (Å²) in [5.74, 6) is 0.764. The van der Waals surface area contributed by atoms with Crippen molar-refractivity contribution in [1.29, 1.82) is 0 Å². The van der Waals surface area contributed by atoms with Gasteiger partial charge in [0.05, 0.1) is 5.56 Å². The van der Waals surface area contributed by atoms with Crippen LogP contribution in [0.25, 0.3) is 0 Å². The van der Waals surface area contributed by atoms with Gasteiger partial charge in [0.25, 0.3) is 5.91 Å². The zero-order valence-corrected chi connectivity index (χ0v) is 12.2. The highest BCUT2D eigenvalue weighted by Crippen LogP contribution is 2.07. The van der Waals surface area contributed by atoms with Gasteiger partial charge in [-0.05, 0) is 58.0 Å². The van der Waals surface area contributed by atoms with Crippen LogP contribution in [0.3, 0.4) is 0 Å². The molecule has 110 valence electrons. The van der Waals surface area contributed by atoms with Crippen molar-refractivity contribution in [3.05, 3.63) is 23.9 Å². The Morgan fingerprint density at radius 3 is 2.80 bits per heavy atom. The number of hydrogen-bond donors (Lipinski definition) is 2. The molecule has 1 aromatic heterocycles. The Bertz CT molecular complexity index is 412. The van der Waals surface area contributed by atoms with Gasteiger partial charge in [-0.1, -0.05) is 0 Å². The van der Waals surface area contributed by atoms with Crippen molar-refractivity contribution in [3.8, 4) is 0 Å². The number of nitrogens with one attached hydrogen (secondary N) is 2. The van der Waals surface area contributed by atoms with E-state index in [-0.39, 0.29) is 5.91 Å². The van der Waals surface area contributed by atoms with Crippen LogP contribution < -0.4 is 10.6 Å². The maximum Gasteiger partial charge on any atom is 0.252 e. The van der Waals surface area contributed by atoms with Crippen LogP contribution in [0.5, 0.6) is 0 Å². The van der Waals surface area contributed by atoms with Crippen molar-refractivity contribution in [2.45, 2.75) is 26.2 Å². The lowest BCUT2D eigenvalue weighted by atomic mass is 10.2. The molecule has 1 fully saturated rings. The van der Waals surface area contributed by atoms with Crippen LogP contribution in [0, 0.1) is 0 Å². The molecule has 0 bridgehead atoms. The fourth-order valence-electron chi connectivity index (χ4n) is 2.43. The molecule has 20 heavy (non-hydrogen) atoms. The minimum absolute atomic E-state index is 0.0398. The van der Waals surface area contributed by atoms with E-state index in [0.717, 1.165) is 31.9 Å². The van der Waals surface area contributed by atoms with Crippen LogP contribution in [-0.2, 0) is 0 Å². The highest BCUT2D eigenvalue weighted by Gasteiger charge is 2.11. The van der Waals surface area contributed by atoms with E-state index in [4.69, 9.17) is 0 Å². The van der Waals surface area contributed by atoms with E-state index < -0.39 is 0 Å². The normalized spacial score (nSPS) is 15.2. The second-order valence-electron chi connectivity index (χ2n) is 5.12. The van der Waals surface area contributed by atoms with E-state index in [9.17, 15) is 4.79 Å². The molecule has 2 rings (SSSR count). The van der Waals surface area contributed by atoms with Gasteiger partial charge in [0.2, 0.25) is 0 Å². The smallest absolute Gasteiger partial charge is 0.252 e. The molecule has 0 radical (unpaired) electrons. The second-order valence-corrected chi connectivity index (χ2v) is 5.12. The van der Waals surface area contributed by atoms with Crippen molar-refractivity contribution in [2.75, 3.05) is 38.0 Å². The Kier molecular flexibility index (Phi) is 5.80. The number of nitrogens with zero attached hydrogens (tertiary/aromatic N) is 2. The van der Waals surface area contributed by atoms with Crippen LogP contribution in [0.1, 0.15) is 36.5 Å². The van der Waals surface area contributed by atoms with Crippen molar-refractivity contribution >= 4 is 11.7 Å². The fourth-order valence-corrected chi connectivity index (χ4v) is 2.43. The average molecular weight is 276 g/mol. The number of anilines is 1. The standard InChI is InChI=1S/C15H24N4O/c1-2-16-14-7-6-13(12-18-14)15(20)17-8-5-11-19-9-3-4-10-19/h6-7,12H,2-5,8-11H2,1H3,(H,16,18)(H,17,20). The first-order valence-electron chi connectivity index (χ1n) is 7.50. The summed E-state index contributed by atoms with van der Waals surface area (Å²) in [5.41, 5.74) is 0.618. The van der Waals surface area contributed by atoms with Crippen LogP contribution >= 0.6 is 0 Å². The summed E-state index contributed by atoms with van der Waals surface area (Å²) in [4.78, 5) is 18.6. The van der Waals surface area contributed by atoms with Crippen LogP contribution in [0.2, 0.25) is 0 Å². The first-order chi connectivity index (χ1) is 9.79. The number of amides is 1. The fraction of sp³-hybridized carbons (Fsp3) is 0.600. The van der Waals surface area contributed by atoms with Gasteiger partial charge in [0.15, 0.2) is 0 Å². The highest BCUT2D eigenvalue weighted by molar-refractivity contribution is 5.93. The number of hydrogen-bond acceptors (Lipinski definition) is 4. The summed E-state index contributed by atoms with van der Waals surface area (Å²) in [7, 11) is 0. The zero-order valence-electron chi connectivity index (χ0n) is 12.2. The Hall–Kier alpha value is -1.62. The van der Waals surface area contributed by atoms with Gasteiger partial charge < -0.3 is 15.5 Å². The van der Waals surface area contributed by atoms with Gasteiger partial charge in [0.1, 0.15) is 5.82 Å². The number of carbonyl (C=O) groups excluding carboxylic acids is 1. The molecule has 1 aliphatic rings. The molecule has 0 spiro atoms. The Balaban J connectivity index is 1.68. The molecular formula is C15H24N4O. The van der Waals surface area contributed by atoms with Crippen LogP contribution in [0.15, 0.2) is 18.3 Å². The quantitative estimate of drug-likeness (QED) is 0.745. The number of pyridine rings is 1. The van der Waals surface area contributed by atoms with Crippen molar-refractivity contribution in [3.63, 3.8) is 0 Å². The molecular weight excluding hydrogens is 252 g/mol. The van der Waals surface area contributed by atoms with Gasteiger partial charge in [-0.25, -0.2) is 4.98 Å². The maximum absolute atomic E-state index is 11.9. The molecule has 1 aliphatic heterocycles. The van der Waals surface area contributed by atoms with Gasteiger partial charge in [-0.3, -0.25) is 4.79 Å². The van der Waals surface area contributed by atoms with Gasteiger partial charge >= 0.3 is 0 Å². The Labute approximate surface area is 120 Å². The number of likely N-dealkylation sites (tertiary alicyclic amines) is 1. The lowest BCUT2D eigenvalue weighted by Gasteiger charge is -2.14. The third kappa shape index (κ3) is 4.49. The summed E-state index contributed by atoms with van der Waals surface area (Å²) in [6.07, 6.45) is 5.26. The maximum atomic E-state index is 11.9. The third-order valence-electron chi connectivity index (χ3n) is 3.52. The number of carbonyl (C=O) groups is 1. The third-order valence-corrected chi connectivity index (χ3v) is 3.52. The Morgan fingerprint density at radius 2 is 2.15 bits per heavy atom.